The second-order valence-electron chi connectivity index (χ2n) is 6.94. The summed E-state index contributed by atoms with van der Waals surface area (Å²) in [7, 11) is 3.34. The maximum absolute atomic E-state index is 12.9. The molecule has 0 amide bonds. The molecule has 1 fully saturated rings. The Morgan fingerprint density at radius 1 is 0.923 bits per heavy atom. The first-order chi connectivity index (χ1) is 12.7. The van der Waals surface area contributed by atoms with E-state index in [1.807, 2.05) is 24.3 Å². The molecule has 2 aromatic rings. The fourth-order valence-electron chi connectivity index (χ4n) is 3.92. The molecule has 1 aliphatic rings. The van der Waals surface area contributed by atoms with Crippen LogP contribution in [0.15, 0.2) is 48.5 Å². The van der Waals surface area contributed by atoms with Gasteiger partial charge in [-0.25, -0.2) is 0 Å². The molecule has 0 aromatic heterocycles. The zero-order valence-electron chi connectivity index (χ0n) is 15.8. The van der Waals surface area contributed by atoms with Crippen LogP contribution in [0.3, 0.4) is 0 Å². The van der Waals surface area contributed by atoms with Crippen LogP contribution in [-0.2, 0) is 4.79 Å². The van der Waals surface area contributed by atoms with E-state index in [-0.39, 0.29) is 18.0 Å². The number of nitrogens with two attached hydrogens (primary N) is 1. The van der Waals surface area contributed by atoms with E-state index in [0.29, 0.717) is 12.2 Å². The zero-order chi connectivity index (χ0) is 18.5. The Balaban J connectivity index is 1.87. The van der Waals surface area contributed by atoms with E-state index < -0.39 is 0 Å². The lowest BCUT2D eigenvalue weighted by Gasteiger charge is -2.34. The van der Waals surface area contributed by atoms with Crippen molar-refractivity contribution < 1.29 is 19.6 Å². The predicted molar refractivity (Wildman–Crippen MR) is 101 cm³/mol. The van der Waals surface area contributed by atoms with Crippen molar-refractivity contribution in [1.29, 1.82) is 0 Å². The van der Waals surface area contributed by atoms with Gasteiger partial charge in [-0.1, -0.05) is 13.3 Å². The standard InChI is InChI=1S/C22H27NO3/c1-4-5-19-21(24)14-20(15-6-10-17(25-2)11-7-15)23-22(19)16-8-12-18(26-3)13-9-16/h6-13,19-20,22-23H,4-5,14H2,1-3H3/p+1/t19-,20-,22-/m0/s1. The van der Waals surface area contributed by atoms with Gasteiger partial charge in [-0.2, -0.15) is 0 Å². The molecule has 26 heavy (non-hydrogen) atoms. The van der Waals surface area contributed by atoms with Gasteiger partial charge in [-0.05, 0) is 55.0 Å². The molecular weight excluding hydrogens is 326 g/mol. The van der Waals surface area contributed by atoms with Gasteiger partial charge in [0.15, 0.2) is 0 Å². The third-order valence-electron chi connectivity index (χ3n) is 5.35. The first-order valence-corrected chi connectivity index (χ1v) is 9.31. The van der Waals surface area contributed by atoms with Crippen molar-refractivity contribution in [3.8, 4) is 11.5 Å². The van der Waals surface area contributed by atoms with E-state index in [1.165, 1.54) is 11.1 Å². The molecule has 138 valence electrons. The van der Waals surface area contributed by atoms with Crippen molar-refractivity contribution in [1.82, 2.24) is 0 Å². The molecule has 0 aliphatic carbocycles. The largest absolute Gasteiger partial charge is 0.497 e. The lowest BCUT2D eigenvalue weighted by atomic mass is 9.79. The molecule has 1 aliphatic heterocycles. The van der Waals surface area contributed by atoms with Crippen molar-refractivity contribution in [3.63, 3.8) is 0 Å². The van der Waals surface area contributed by atoms with Gasteiger partial charge in [0.1, 0.15) is 29.4 Å². The van der Waals surface area contributed by atoms with Crippen LogP contribution in [0.1, 0.15) is 49.4 Å². The van der Waals surface area contributed by atoms with Crippen molar-refractivity contribution in [2.45, 2.75) is 38.3 Å². The van der Waals surface area contributed by atoms with Crippen LogP contribution < -0.4 is 14.8 Å². The van der Waals surface area contributed by atoms with E-state index in [9.17, 15) is 4.79 Å². The van der Waals surface area contributed by atoms with Crippen molar-refractivity contribution in [3.05, 3.63) is 59.7 Å². The number of Topliss-reactive ketones (excluding diaryl/α,β-unsaturated/α-hetero) is 1. The summed E-state index contributed by atoms with van der Waals surface area (Å²) < 4.78 is 10.5. The molecule has 1 heterocycles. The summed E-state index contributed by atoms with van der Waals surface area (Å²) in [6.45, 7) is 2.15. The third-order valence-corrected chi connectivity index (χ3v) is 5.35. The van der Waals surface area contributed by atoms with Crippen LogP contribution in [0.25, 0.3) is 0 Å². The maximum Gasteiger partial charge on any atom is 0.148 e. The average Bonchev–Trinajstić information content (AvgIpc) is 2.69. The zero-order valence-corrected chi connectivity index (χ0v) is 15.8. The highest BCUT2D eigenvalue weighted by atomic mass is 16.5. The summed E-state index contributed by atoms with van der Waals surface area (Å²) >= 11 is 0. The summed E-state index contributed by atoms with van der Waals surface area (Å²) in [5.74, 6) is 2.12. The molecule has 0 saturated carbocycles. The molecular formula is C22H28NO3+. The number of carbonyl (C=O) groups is 1. The summed E-state index contributed by atoms with van der Waals surface area (Å²) in [4.78, 5) is 12.9. The van der Waals surface area contributed by atoms with Crippen LogP contribution in [0, 0.1) is 5.92 Å². The smallest absolute Gasteiger partial charge is 0.148 e. The van der Waals surface area contributed by atoms with Gasteiger partial charge in [0.2, 0.25) is 0 Å². The van der Waals surface area contributed by atoms with Gasteiger partial charge in [0.05, 0.1) is 26.6 Å². The third kappa shape index (κ3) is 3.91. The van der Waals surface area contributed by atoms with E-state index in [2.05, 4.69) is 36.5 Å². The molecule has 2 N–H and O–H groups in total. The highest BCUT2D eigenvalue weighted by Crippen LogP contribution is 2.32. The van der Waals surface area contributed by atoms with Gasteiger partial charge < -0.3 is 14.8 Å². The normalized spacial score (nSPS) is 22.9. The van der Waals surface area contributed by atoms with Gasteiger partial charge in [0.25, 0.3) is 0 Å². The Morgan fingerprint density at radius 3 is 1.96 bits per heavy atom. The molecule has 0 bridgehead atoms. The lowest BCUT2D eigenvalue weighted by molar-refractivity contribution is -0.743. The lowest BCUT2D eigenvalue weighted by Crippen LogP contribution is -2.90. The number of benzene rings is 2. The SMILES string of the molecule is CCC[C@H]1C(=O)C[C@@H](c2ccc(OC)cc2)[NH2+][C@H]1c1ccc(OC)cc1. The minimum Gasteiger partial charge on any atom is -0.497 e. The summed E-state index contributed by atoms with van der Waals surface area (Å²) in [6, 6.07) is 16.5. The molecule has 1 saturated heterocycles. The number of ketones is 1. The molecule has 2 aromatic carbocycles. The van der Waals surface area contributed by atoms with E-state index in [0.717, 1.165) is 24.3 Å². The number of quaternary nitrogens is 1. The Bertz CT molecular complexity index is 724. The van der Waals surface area contributed by atoms with Crippen molar-refractivity contribution in [2.24, 2.45) is 5.92 Å². The van der Waals surface area contributed by atoms with Gasteiger partial charge in [-0.15, -0.1) is 0 Å². The molecule has 0 spiro atoms. The summed E-state index contributed by atoms with van der Waals surface area (Å²) in [6.07, 6.45) is 2.54. The molecule has 0 unspecified atom stereocenters. The summed E-state index contributed by atoms with van der Waals surface area (Å²) in [5.41, 5.74) is 2.36. The molecule has 4 nitrogen and oxygen atoms in total. The number of methoxy groups -OCH3 is 2. The maximum atomic E-state index is 12.9. The van der Waals surface area contributed by atoms with Crippen LogP contribution >= 0.6 is 0 Å². The quantitative estimate of drug-likeness (QED) is 0.865. The highest BCUT2D eigenvalue weighted by molar-refractivity contribution is 5.83. The average molecular weight is 354 g/mol. The molecule has 3 atom stereocenters. The fraction of sp³-hybridized carbons (Fsp3) is 0.409. The molecule has 3 rings (SSSR count). The van der Waals surface area contributed by atoms with Crippen molar-refractivity contribution in [2.75, 3.05) is 14.2 Å². The number of rotatable bonds is 6. The Morgan fingerprint density at radius 2 is 1.46 bits per heavy atom. The van der Waals surface area contributed by atoms with E-state index >= 15 is 0 Å². The Kier molecular flexibility index (Phi) is 5.94. The predicted octanol–water partition coefficient (Wildman–Crippen LogP) is 3.44. The van der Waals surface area contributed by atoms with Crippen LogP contribution in [0.5, 0.6) is 11.5 Å². The van der Waals surface area contributed by atoms with Crippen LogP contribution in [0.4, 0.5) is 0 Å². The second kappa shape index (κ2) is 8.37. The van der Waals surface area contributed by atoms with Crippen molar-refractivity contribution >= 4 is 5.78 Å². The number of carbonyl (C=O) groups excluding carboxylic acids is 1. The van der Waals surface area contributed by atoms with E-state index in [4.69, 9.17) is 9.47 Å². The molecule has 4 heteroatoms. The summed E-state index contributed by atoms with van der Waals surface area (Å²) in [5, 5.41) is 2.37. The second-order valence-corrected chi connectivity index (χ2v) is 6.94. The first kappa shape index (κ1) is 18.5. The van der Waals surface area contributed by atoms with E-state index in [1.54, 1.807) is 14.2 Å². The highest BCUT2D eigenvalue weighted by Gasteiger charge is 2.40. The van der Waals surface area contributed by atoms with Gasteiger partial charge >= 0.3 is 0 Å². The minimum atomic E-state index is 0.0721. The van der Waals surface area contributed by atoms with Crippen LogP contribution in [-0.4, -0.2) is 20.0 Å². The Labute approximate surface area is 155 Å². The van der Waals surface area contributed by atoms with Gasteiger partial charge in [-0.3, -0.25) is 4.79 Å². The first-order valence-electron chi connectivity index (χ1n) is 9.31. The molecule has 0 radical (unpaired) electrons. The minimum absolute atomic E-state index is 0.0721. The topological polar surface area (TPSA) is 52.1 Å². The fourth-order valence-corrected chi connectivity index (χ4v) is 3.92. The number of ether oxygens (including phenoxy) is 2. The monoisotopic (exact) mass is 354 g/mol. The number of hydrogen-bond donors (Lipinski definition) is 1. The number of hydrogen-bond acceptors (Lipinski definition) is 3. The number of piperidine rings is 1. The van der Waals surface area contributed by atoms with Crippen LogP contribution in [0.2, 0.25) is 0 Å². The van der Waals surface area contributed by atoms with Gasteiger partial charge in [0, 0.05) is 11.1 Å². The Hall–Kier alpha value is -2.33.